The second-order valence-electron chi connectivity index (χ2n) is 26.6. The Bertz CT molecular complexity index is 1840. The van der Waals surface area contributed by atoms with E-state index in [1.54, 1.807) is 0 Å². The highest BCUT2D eigenvalue weighted by Gasteiger charge is 2.22. The van der Waals surface area contributed by atoms with Crippen LogP contribution in [0.1, 0.15) is 348 Å². The van der Waals surface area contributed by atoms with E-state index in [2.05, 4.69) is 111 Å². The van der Waals surface area contributed by atoms with Gasteiger partial charge in [-0.15, -0.1) is 0 Å². The SMILES string of the molecule is CC/C=C\C/C=C\C/C=C\C/C=C\C/C=C\C/C=C\CCCCCCCCCCCCCCCCCCC(=O)OC(COC(=O)CCCCCCCCCCCCCCCCCCCCC/C=C\C/C=C\CCCCCCC)COP(=O)([O-])OCC[N+](C)(C)C. The Kier molecular flexibility index (Phi) is 67.9. The molecule has 9 nitrogen and oxygen atoms in total. The van der Waals surface area contributed by atoms with Gasteiger partial charge < -0.3 is 27.9 Å². The molecule has 0 fully saturated rings. The minimum atomic E-state index is -4.65. The number of carbonyl (C=O) groups is 2. The van der Waals surface area contributed by atoms with Gasteiger partial charge >= 0.3 is 11.9 Å². The Morgan fingerprint density at radius 2 is 0.633 bits per heavy atom. The molecule has 0 rings (SSSR count). The van der Waals surface area contributed by atoms with Gasteiger partial charge in [0, 0.05) is 12.8 Å². The van der Waals surface area contributed by atoms with Crippen molar-refractivity contribution in [1.29, 1.82) is 0 Å². The quantitative estimate of drug-likeness (QED) is 0.0195. The van der Waals surface area contributed by atoms with Crippen LogP contribution in [0.3, 0.4) is 0 Å². The molecule has 0 bridgehead atoms. The average Bonchev–Trinajstić information content (AvgIpc) is 3.61. The lowest BCUT2D eigenvalue weighted by molar-refractivity contribution is -0.870. The number of phosphoric ester groups is 1. The zero-order chi connectivity index (χ0) is 65.5. The summed E-state index contributed by atoms with van der Waals surface area (Å²) in [6.45, 7) is 4.16. The van der Waals surface area contributed by atoms with Gasteiger partial charge in [-0.2, -0.15) is 0 Å². The highest BCUT2D eigenvalue weighted by Crippen LogP contribution is 2.38. The Morgan fingerprint density at radius 3 is 0.944 bits per heavy atom. The number of nitrogens with zero attached hydrogens (tertiary/aromatic N) is 1. The monoisotopic (exact) mass is 1280 g/mol. The van der Waals surface area contributed by atoms with E-state index in [0.29, 0.717) is 17.4 Å². The first-order chi connectivity index (χ1) is 44.0. The smallest absolute Gasteiger partial charge is 0.306 e. The molecule has 0 saturated carbocycles. The molecular weight excluding hydrogens is 1130 g/mol. The molecule has 0 aromatic heterocycles. The fraction of sp³-hybridized carbons (Fsp3) is 0.775. The summed E-state index contributed by atoms with van der Waals surface area (Å²) < 4.78 is 34.4. The first-order valence-electron chi connectivity index (χ1n) is 37.9. The maximum absolute atomic E-state index is 12.9. The van der Waals surface area contributed by atoms with Crippen molar-refractivity contribution in [3.05, 3.63) is 97.2 Å². The van der Waals surface area contributed by atoms with Crippen LogP contribution >= 0.6 is 7.82 Å². The fourth-order valence-electron chi connectivity index (χ4n) is 10.8. The van der Waals surface area contributed by atoms with Gasteiger partial charge in [0.1, 0.15) is 19.8 Å². The van der Waals surface area contributed by atoms with Gasteiger partial charge in [0.15, 0.2) is 6.10 Å². The van der Waals surface area contributed by atoms with E-state index >= 15 is 0 Å². The van der Waals surface area contributed by atoms with Crippen LogP contribution in [-0.4, -0.2) is 70.0 Å². The second kappa shape index (κ2) is 70.3. The third-order valence-electron chi connectivity index (χ3n) is 16.6. The normalized spacial score (nSPS) is 13.6. The van der Waals surface area contributed by atoms with E-state index in [0.717, 1.165) is 83.5 Å². The van der Waals surface area contributed by atoms with Crippen LogP contribution in [0.5, 0.6) is 0 Å². The van der Waals surface area contributed by atoms with Crippen molar-refractivity contribution in [3.8, 4) is 0 Å². The number of rotatable bonds is 70. The summed E-state index contributed by atoms with van der Waals surface area (Å²) >= 11 is 0. The second-order valence-corrected chi connectivity index (χ2v) is 28.0. The molecule has 0 amide bonds. The summed E-state index contributed by atoms with van der Waals surface area (Å²) in [6, 6.07) is 0. The standard InChI is InChI=1S/C80H144NO8P/c1-6-8-10-12-14-16-18-20-22-24-26-28-30-32-34-36-38-39-40-41-43-45-47-49-51-53-55-57-59-61-63-65-67-69-71-73-80(83)89-78(77-88-90(84,85)87-75-74-81(3,4)5)76-86-79(82)72-70-68-66-64-62-60-58-56-54-52-50-48-46-44-42-37-35-33-31-29-27-25-23-21-19-17-15-13-11-9-7-2/h8,10,14,16,19-22,25-28,32,34,38-39,78H,6-7,9,11-13,15,17-18,23-24,29-31,33,35-37,40-77H2,1-5H3/b10-8-,16-14-,21-19-,22-20-,27-25-,28-26-,34-32-,39-38-. The highest BCUT2D eigenvalue weighted by atomic mass is 31.2. The molecule has 0 aliphatic carbocycles. The van der Waals surface area contributed by atoms with E-state index in [1.165, 1.54) is 231 Å². The zero-order valence-corrected chi connectivity index (χ0v) is 60.5. The van der Waals surface area contributed by atoms with Crippen molar-refractivity contribution in [2.75, 3.05) is 47.5 Å². The zero-order valence-electron chi connectivity index (χ0n) is 59.6. The molecule has 0 aliphatic heterocycles. The molecule has 0 heterocycles. The molecule has 0 radical (unpaired) electrons. The molecule has 2 atom stereocenters. The van der Waals surface area contributed by atoms with Gasteiger partial charge in [-0.3, -0.25) is 14.2 Å². The van der Waals surface area contributed by atoms with Crippen molar-refractivity contribution in [1.82, 2.24) is 0 Å². The van der Waals surface area contributed by atoms with Crippen LogP contribution < -0.4 is 4.89 Å². The molecule has 0 saturated heterocycles. The molecule has 0 aliphatic rings. The van der Waals surface area contributed by atoms with Gasteiger partial charge in [-0.1, -0.05) is 336 Å². The number of phosphoric acid groups is 1. The first kappa shape index (κ1) is 86.9. The molecule has 0 N–H and O–H groups in total. The third-order valence-corrected chi connectivity index (χ3v) is 17.6. The predicted molar refractivity (Wildman–Crippen MR) is 388 cm³/mol. The lowest BCUT2D eigenvalue weighted by Gasteiger charge is -2.28. The topological polar surface area (TPSA) is 111 Å². The summed E-state index contributed by atoms with van der Waals surface area (Å²) in [4.78, 5) is 38.1. The largest absolute Gasteiger partial charge is 0.756 e. The predicted octanol–water partition coefficient (Wildman–Crippen LogP) is 24.4. The minimum Gasteiger partial charge on any atom is -0.756 e. The number of hydrogen-bond acceptors (Lipinski definition) is 8. The fourth-order valence-corrected chi connectivity index (χ4v) is 11.5. The van der Waals surface area contributed by atoms with Crippen LogP contribution in [-0.2, 0) is 32.7 Å². The van der Waals surface area contributed by atoms with Crippen molar-refractivity contribution >= 4 is 19.8 Å². The van der Waals surface area contributed by atoms with Crippen LogP contribution in [0.25, 0.3) is 0 Å². The van der Waals surface area contributed by atoms with E-state index in [1.807, 2.05) is 21.1 Å². The van der Waals surface area contributed by atoms with E-state index in [9.17, 15) is 19.0 Å². The van der Waals surface area contributed by atoms with E-state index in [-0.39, 0.29) is 32.0 Å². The van der Waals surface area contributed by atoms with Crippen LogP contribution in [0, 0.1) is 0 Å². The molecular formula is C80H144NO8P. The number of esters is 2. The summed E-state index contributed by atoms with van der Waals surface area (Å²) in [5, 5.41) is 0. The molecule has 2 unspecified atom stereocenters. The number of ether oxygens (including phenoxy) is 2. The molecule has 0 aromatic rings. The summed E-state index contributed by atoms with van der Waals surface area (Å²) in [6.07, 6.45) is 97.9. The Labute approximate surface area is 557 Å². The van der Waals surface area contributed by atoms with Gasteiger partial charge in [0.05, 0.1) is 27.7 Å². The van der Waals surface area contributed by atoms with Crippen molar-refractivity contribution in [3.63, 3.8) is 0 Å². The lowest BCUT2D eigenvalue weighted by atomic mass is 10.0. The lowest BCUT2D eigenvalue weighted by Crippen LogP contribution is -2.37. The van der Waals surface area contributed by atoms with Crippen LogP contribution in [0.2, 0.25) is 0 Å². The summed E-state index contributed by atoms with van der Waals surface area (Å²) in [7, 11) is 1.17. The van der Waals surface area contributed by atoms with Gasteiger partial charge in [0.2, 0.25) is 0 Å². The Morgan fingerprint density at radius 1 is 0.356 bits per heavy atom. The minimum absolute atomic E-state index is 0.0317. The molecule has 90 heavy (non-hydrogen) atoms. The van der Waals surface area contributed by atoms with Gasteiger partial charge in [-0.25, -0.2) is 0 Å². The van der Waals surface area contributed by atoms with Crippen molar-refractivity contribution in [2.24, 2.45) is 0 Å². The molecule has 522 valence electrons. The Hall–Kier alpha value is -3.07. The first-order valence-corrected chi connectivity index (χ1v) is 39.4. The molecule has 0 aromatic carbocycles. The van der Waals surface area contributed by atoms with E-state index < -0.39 is 26.5 Å². The number of quaternary nitrogens is 1. The van der Waals surface area contributed by atoms with Crippen molar-refractivity contribution < 1.29 is 42.1 Å². The average molecular weight is 1280 g/mol. The van der Waals surface area contributed by atoms with Gasteiger partial charge in [0.25, 0.3) is 7.82 Å². The van der Waals surface area contributed by atoms with Crippen LogP contribution in [0.15, 0.2) is 97.2 Å². The number of hydrogen-bond donors (Lipinski definition) is 0. The number of likely N-dealkylation sites (N-methyl/N-ethyl adjacent to an activating group) is 1. The van der Waals surface area contributed by atoms with E-state index in [4.69, 9.17) is 18.5 Å². The maximum atomic E-state index is 12.9. The maximum Gasteiger partial charge on any atom is 0.306 e. The molecule has 10 heteroatoms. The number of carbonyl (C=O) groups excluding carboxylic acids is 2. The number of allylic oxidation sites excluding steroid dienone is 16. The third kappa shape index (κ3) is 74.0. The summed E-state index contributed by atoms with van der Waals surface area (Å²) in [5.41, 5.74) is 0. The highest BCUT2D eigenvalue weighted by molar-refractivity contribution is 7.45. The Balaban J connectivity index is 3.99. The summed E-state index contributed by atoms with van der Waals surface area (Å²) in [5.74, 6) is -0.820. The van der Waals surface area contributed by atoms with Crippen LogP contribution in [0.4, 0.5) is 0 Å². The molecule has 0 spiro atoms. The van der Waals surface area contributed by atoms with Gasteiger partial charge in [-0.05, 0) is 96.3 Å². The van der Waals surface area contributed by atoms with Crippen molar-refractivity contribution in [2.45, 2.75) is 354 Å². The number of unbranched alkanes of at least 4 members (excludes halogenated alkanes) is 40.